The van der Waals surface area contributed by atoms with Gasteiger partial charge in [0.25, 0.3) is 0 Å². The summed E-state index contributed by atoms with van der Waals surface area (Å²) in [6, 6.07) is 7.99. The van der Waals surface area contributed by atoms with Crippen molar-refractivity contribution in [2.75, 3.05) is 21.3 Å². The highest BCUT2D eigenvalue weighted by atomic mass is 32.2. The van der Waals surface area contributed by atoms with Crippen LogP contribution in [0.1, 0.15) is 19.3 Å². The topological polar surface area (TPSA) is 47.6 Å². The summed E-state index contributed by atoms with van der Waals surface area (Å²) in [5, 5.41) is 3.54. The van der Waals surface area contributed by atoms with E-state index < -0.39 is 5.54 Å². The Hall–Kier alpha value is -1.20. The van der Waals surface area contributed by atoms with Crippen LogP contribution in [0.2, 0.25) is 0 Å². The zero-order chi connectivity index (χ0) is 14.6. The fraction of sp³-hybridized carbons (Fsp3) is 0.533. The standard InChI is InChI=1S/C15H21NO3S/c1-16-15(14(17)19-3)9-8-11(10-15)20-13-7-5-4-6-12(13)18-2/h4-7,11,16H,8-10H2,1-3H3. The third-order valence-corrected chi connectivity index (χ3v) is 5.21. The summed E-state index contributed by atoms with van der Waals surface area (Å²) in [6.07, 6.45) is 2.57. The van der Waals surface area contributed by atoms with Gasteiger partial charge in [0.2, 0.25) is 0 Å². The van der Waals surface area contributed by atoms with E-state index in [1.807, 2.05) is 25.2 Å². The van der Waals surface area contributed by atoms with E-state index in [0.29, 0.717) is 5.25 Å². The van der Waals surface area contributed by atoms with Gasteiger partial charge in [0.05, 0.1) is 14.2 Å². The maximum absolute atomic E-state index is 12.0. The number of hydrogen-bond acceptors (Lipinski definition) is 5. The molecule has 0 saturated heterocycles. The molecule has 2 unspecified atom stereocenters. The average molecular weight is 295 g/mol. The van der Waals surface area contributed by atoms with Crippen LogP contribution in [0.25, 0.3) is 0 Å². The van der Waals surface area contributed by atoms with Gasteiger partial charge in [0, 0.05) is 10.1 Å². The maximum Gasteiger partial charge on any atom is 0.326 e. The summed E-state index contributed by atoms with van der Waals surface area (Å²) < 4.78 is 10.3. The molecule has 5 heteroatoms. The predicted molar refractivity (Wildman–Crippen MR) is 80.3 cm³/mol. The van der Waals surface area contributed by atoms with Crippen LogP contribution >= 0.6 is 11.8 Å². The second kappa shape index (κ2) is 6.50. The van der Waals surface area contributed by atoms with E-state index in [2.05, 4.69) is 11.4 Å². The lowest BCUT2D eigenvalue weighted by Crippen LogP contribution is -2.49. The summed E-state index contributed by atoms with van der Waals surface area (Å²) in [5.41, 5.74) is -0.533. The van der Waals surface area contributed by atoms with Gasteiger partial charge in [-0.2, -0.15) is 0 Å². The number of nitrogens with one attached hydrogen (secondary N) is 1. The fourth-order valence-electron chi connectivity index (χ4n) is 2.71. The van der Waals surface area contributed by atoms with Crippen molar-refractivity contribution in [1.29, 1.82) is 0 Å². The van der Waals surface area contributed by atoms with Crippen LogP contribution in [-0.4, -0.2) is 38.0 Å². The molecular formula is C15H21NO3S. The lowest BCUT2D eigenvalue weighted by Gasteiger charge is -2.25. The molecule has 2 atom stereocenters. The Kier molecular flexibility index (Phi) is 4.94. The quantitative estimate of drug-likeness (QED) is 0.846. The molecule has 0 heterocycles. The lowest BCUT2D eigenvalue weighted by molar-refractivity contribution is -0.148. The largest absolute Gasteiger partial charge is 0.496 e. The first kappa shape index (κ1) is 15.2. The minimum atomic E-state index is -0.533. The van der Waals surface area contributed by atoms with Crippen molar-refractivity contribution in [2.24, 2.45) is 0 Å². The second-order valence-electron chi connectivity index (χ2n) is 4.96. The van der Waals surface area contributed by atoms with Crippen LogP contribution in [0.15, 0.2) is 29.2 Å². The lowest BCUT2D eigenvalue weighted by atomic mass is 9.98. The first-order chi connectivity index (χ1) is 9.65. The Morgan fingerprint density at radius 2 is 2.15 bits per heavy atom. The number of rotatable bonds is 5. The highest BCUT2D eigenvalue weighted by Crippen LogP contribution is 2.43. The highest BCUT2D eigenvalue weighted by Gasteiger charge is 2.45. The Labute approximate surface area is 124 Å². The Morgan fingerprint density at radius 3 is 2.80 bits per heavy atom. The number of benzene rings is 1. The van der Waals surface area contributed by atoms with Crippen LogP contribution < -0.4 is 10.1 Å². The van der Waals surface area contributed by atoms with Crippen LogP contribution in [0.4, 0.5) is 0 Å². The third kappa shape index (κ3) is 2.94. The molecule has 4 nitrogen and oxygen atoms in total. The van der Waals surface area contributed by atoms with E-state index in [1.54, 1.807) is 18.9 Å². The minimum Gasteiger partial charge on any atom is -0.496 e. The van der Waals surface area contributed by atoms with E-state index in [-0.39, 0.29) is 5.97 Å². The molecule has 1 aromatic carbocycles. The monoisotopic (exact) mass is 295 g/mol. The van der Waals surface area contributed by atoms with Gasteiger partial charge in [-0.3, -0.25) is 4.79 Å². The van der Waals surface area contributed by atoms with Crippen LogP contribution in [-0.2, 0) is 9.53 Å². The molecule has 1 aliphatic rings. The summed E-state index contributed by atoms with van der Waals surface area (Å²) in [4.78, 5) is 13.1. The van der Waals surface area contributed by atoms with Gasteiger partial charge in [-0.05, 0) is 38.4 Å². The van der Waals surface area contributed by atoms with E-state index in [9.17, 15) is 4.79 Å². The molecule has 0 spiro atoms. The van der Waals surface area contributed by atoms with Crippen molar-refractivity contribution < 1.29 is 14.3 Å². The van der Waals surface area contributed by atoms with Crippen LogP contribution in [0.5, 0.6) is 5.75 Å². The molecule has 1 fully saturated rings. The van der Waals surface area contributed by atoms with Crippen LogP contribution in [0, 0.1) is 0 Å². The Morgan fingerprint density at radius 1 is 1.40 bits per heavy atom. The molecule has 1 aliphatic carbocycles. The smallest absolute Gasteiger partial charge is 0.326 e. The number of ether oxygens (including phenoxy) is 2. The first-order valence-corrected chi connectivity index (χ1v) is 7.60. The second-order valence-corrected chi connectivity index (χ2v) is 6.30. The molecule has 0 radical (unpaired) electrons. The van der Waals surface area contributed by atoms with Gasteiger partial charge in [0.15, 0.2) is 0 Å². The van der Waals surface area contributed by atoms with Crippen molar-refractivity contribution in [3.8, 4) is 5.75 Å². The van der Waals surface area contributed by atoms with Gasteiger partial charge in [-0.1, -0.05) is 12.1 Å². The normalized spacial score (nSPS) is 25.4. The number of thioether (sulfide) groups is 1. The molecule has 1 saturated carbocycles. The number of methoxy groups -OCH3 is 2. The van der Waals surface area contributed by atoms with Gasteiger partial charge in [-0.25, -0.2) is 0 Å². The summed E-state index contributed by atoms with van der Waals surface area (Å²) in [7, 11) is 4.95. The van der Waals surface area contributed by atoms with Gasteiger partial charge < -0.3 is 14.8 Å². The summed E-state index contributed by atoms with van der Waals surface area (Å²) >= 11 is 1.78. The van der Waals surface area contributed by atoms with Gasteiger partial charge >= 0.3 is 5.97 Å². The van der Waals surface area contributed by atoms with Crippen molar-refractivity contribution >= 4 is 17.7 Å². The van der Waals surface area contributed by atoms with Crippen molar-refractivity contribution in [3.05, 3.63) is 24.3 Å². The molecule has 0 aromatic heterocycles. The molecule has 2 rings (SSSR count). The third-order valence-electron chi connectivity index (χ3n) is 3.89. The SMILES string of the molecule is CNC1(C(=O)OC)CCC(Sc2ccccc2OC)C1. The van der Waals surface area contributed by atoms with E-state index >= 15 is 0 Å². The highest BCUT2D eigenvalue weighted by molar-refractivity contribution is 8.00. The fourth-order valence-corrected chi connectivity index (χ4v) is 4.09. The molecule has 1 N–H and O–H groups in total. The van der Waals surface area contributed by atoms with Crippen LogP contribution in [0.3, 0.4) is 0 Å². The van der Waals surface area contributed by atoms with Crippen molar-refractivity contribution in [3.63, 3.8) is 0 Å². The molecule has 0 bridgehead atoms. The maximum atomic E-state index is 12.0. The van der Waals surface area contributed by atoms with Crippen molar-refractivity contribution in [1.82, 2.24) is 5.32 Å². The molecule has 0 amide bonds. The molecule has 110 valence electrons. The number of esters is 1. The van der Waals surface area contributed by atoms with Gasteiger partial charge in [-0.15, -0.1) is 11.8 Å². The summed E-state index contributed by atoms with van der Waals surface area (Å²) in [6.45, 7) is 0. The zero-order valence-electron chi connectivity index (χ0n) is 12.1. The van der Waals surface area contributed by atoms with Gasteiger partial charge in [0.1, 0.15) is 11.3 Å². The van der Waals surface area contributed by atoms with E-state index in [1.165, 1.54) is 7.11 Å². The molecule has 0 aliphatic heterocycles. The molecule has 1 aromatic rings. The molecular weight excluding hydrogens is 274 g/mol. The molecule has 20 heavy (non-hydrogen) atoms. The number of likely N-dealkylation sites (N-methyl/N-ethyl adjacent to an activating group) is 1. The van der Waals surface area contributed by atoms with E-state index in [4.69, 9.17) is 9.47 Å². The summed E-state index contributed by atoms with van der Waals surface area (Å²) in [5.74, 6) is 0.723. The number of hydrogen-bond donors (Lipinski definition) is 1. The Balaban J connectivity index is 2.08. The number of para-hydroxylation sites is 1. The zero-order valence-corrected chi connectivity index (χ0v) is 13.0. The van der Waals surface area contributed by atoms with E-state index in [0.717, 1.165) is 29.9 Å². The average Bonchev–Trinajstić information content (AvgIpc) is 2.91. The number of carbonyl (C=O) groups excluding carboxylic acids is 1. The van der Waals surface area contributed by atoms with Crippen molar-refractivity contribution in [2.45, 2.75) is 34.9 Å². The predicted octanol–water partition coefficient (Wildman–Crippen LogP) is 2.47. The first-order valence-electron chi connectivity index (χ1n) is 6.72. The number of carbonyl (C=O) groups is 1. The Bertz CT molecular complexity index is 480. The minimum absolute atomic E-state index is 0.164.